The first-order valence-electron chi connectivity index (χ1n) is 6.13. The molecule has 1 aromatic carbocycles. The zero-order valence-electron chi connectivity index (χ0n) is 11.0. The molecule has 1 N–H and O–H groups in total. The average Bonchev–Trinajstić information content (AvgIpc) is 2.41. The molecule has 100 valence electrons. The van der Waals surface area contributed by atoms with E-state index in [1.807, 2.05) is 19.3 Å². The number of nitrogens with one attached hydrogen (secondary N) is 1. The zero-order chi connectivity index (χ0) is 13.8. The molecule has 19 heavy (non-hydrogen) atoms. The van der Waals surface area contributed by atoms with Gasteiger partial charge in [0.25, 0.3) is 0 Å². The van der Waals surface area contributed by atoms with Gasteiger partial charge < -0.3 is 5.32 Å². The summed E-state index contributed by atoms with van der Waals surface area (Å²) in [6, 6.07) is 6.96. The topological polar surface area (TPSA) is 24.9 Å². The lowest BCUT2D eigenvalue weighted by Crippen LogP contribution is -2.20. The fourth-order valence-electron chi connectivity index (χ4n) is 2.11. The van der Waals surface area contributed by atoms with Crippen LogP contribution in [-0.4, -0.2) is 12.0 Å². The predicted octanol–water partition coefficient (Wildman–Crippen LogP) is 3.69. The average molecular weight is 279 g/mol. The van der Waals surface area contributed by atoms with Crippen molar-refractivity contribution >= 4 is 11.6 Å². The van der Waals surface area contributed by atoms with E-state index in [0.717, 1.165) is 17.5 Å². The third-order valence-corrected chi connectivity index (χ3v) is 3.52. The fourth-order valence-corrected chi connectivity index (χ4v) is 2.31. The Hall–Kier alpha value is -1.45. The maximum atomic E-state index is 13.1. The second-order valence-electron chi connectivity index (χ2n) is 4.53. The Morgan fingerprint density at radius 1 is 1.37 bits per heavy atom. The minimum absolute atomic E-state index is 0.134. The molecule has 0 spiro atoms. The SMILES string of the molecule is CNC(Cc1ccc(F)c(Cl)c1)c1cnccc1C. The molecule has 2 nitrogen and oxygen atoms in total. The minimum Gasteiger partial charge on any atom is -0.313 e. The van der Waals surface area contributed by atoms with Crippen molar-refractivity contribution in [3.63, 3.8) is 0 Å². The number of likely N-dealkylation sites (N-methyl/N-ethyl adjacent to an activating group) is 1. The molecule has 0 saturated heterocycles. The summed E-state index contributed by atoms with van der Waals surface area (Å²) in [5.74, 6) is -0.385. The van der Waals surface area contributed by atoms with Crippen LogP contribution in [0, 0.1) is 12.7 Å². The van der Waals surface area contributed by atoms with Gasteiger partial charge in [-0.25, -0.2) is 4.39 Å². The van der Waals surface area contributed by atoms with Crippen LogP contribution >= 0.6 is 11.6 Å². The Bertz CT molecular complexity index is 572. The Balaban J connectivity index is 2.24. The Kier molecular flexibility index (Phi) is 4.51. The molecule has 1 aromatic heterocycles. The van der Waals surface area contributed by atoms with Gasteiger partial charge in [0.2, 0.25) is 0 Å². The summed E-state index contributed by atoms with van der Waals surface area (Å²) in [6.45, 7) is 2.05. The molecule has 0 saturated carbocycles. The van der Waals surface area contributed by atoms with Gasteiger partial charge in [-0.1, -0.05) is 17.7 Å². The first-order chi connectivity index (χ1) is 9.11. The first kappa shape index (κ1) is 14.0. The number of halogens is 2. The number of aryl methyl sites for hydroxylation is 1. The third-order valence-electron chi connectivity index (χ3n) is 3.23. The molecule has 1 unspecified atom stereocenters. The van der Waals surface area contributed by atoms with Gasteiger partial charge in [0.15, 0.2) is 0 Å². The van der Waals surface area contributed by atoms with Crippen molar-refractivity contribution in [1.29, 1.82) is 0 Å². The standard InChI is InChI=1S/C15H16ClFN2/c1-10-5-6-19-9-12(10)15(18-2)8-11-3-4-14(17)13(16)7-11/h3-7,9,15,18H,8H2,1-2H3. The van der Waals surface area contributed by atoms with Gasteiger partial charge in [-0.3, -0.25) is 4.98 Å². The number of rotatable bonds is 4. The summed E-state index contributed by atoms with van der Waals surface area (Å²) in [7, 11) is 1.90. The molecule has 0 aliphatic heterocycles. The van der Waals surface area contributed by atoms with Crippen LogP contribution in [0.5, 0.6) is 0 Å². The first-order valence-corrected chi connectivity index (χ1v) is 6.51. The van der Waals surface area contributed by atoms with E-state index in [1.165, 1.54) is 11.6 Å². The Morgan fingerprint density at radius 3 is 2.79 bits per heavy atom. The lowest BCUT2D eigenvalue weighted by Gasteiger charge is -2.18. The fraction of sp³-hybridized carbons (Fsp3) is 0.267. The van der Waals surface area contributed by atoms with Crippen LogP contribution in [0.25, 0.3) is 0 Å². The van der Waals surface area contributed by atoms with Gasteiger partial charge in [0.1, 0.15) is 5.82 Å². The Labute approximate surface area is 117 Å². The highest BCUT2D eigenvalue weighted by atomic mass is 35.5. The van der Waals surface area contributed by atoms with Gasteiger partial charge in [0.05, 0.1) is 5.02 Å². The quantitative estimate of drug-likeness (QED) is 0.923. The van der Waals surface area contributed by atoms with E-state index >= 15 is 0 Å². The van der Waals surface area contributed by atoms with Crippen molar-refractivity contribution in [1.82, 2.24) is 10.3 Å². The van der Waals surface area contributed by atoms with Gasteiger partial charge >= 0.3 is 0 Å². The van der Waals surface area contributed by atoms with Crippen molar-refractivity contribution in [3.8, 4) is 0 Å². The third kappa shape index (κ3) is 3.31. The van der Waals surface area contributed by atoms with Gasteiger partial charge in [-0.2, -0.15) is 0 Å². The number of aromatic nitrogens is 1. The van der Waals surface area contributed by atoms with Gasteiger partial charge in [0, 0.05) is 18.4 Å². The highest BCUT2D eigenvalue weighted by Gasteiger charge is 2.13. The zero-order valence-corrected chi connectivity index (χ0v) is 11.7. The Morgan fingerprint density at radius 2 is 2.16 bits per heavy atom. The smallest absolute Gasteiger partial charge is 0.141 e. The van der Waals surface area contributed by atoms with Crippen LogP contribution in [0.4, 0.5) is 4.39 Å². The van der Waals surface area contributed by atoms with Gasteiger partial charge in [-0.15, -0.1) is 0 Å². The molecule has 1 atom stereocenters. The number of hydrogen-bond acceptors (Lipinski definition) is 2. The van der Waals surface area contributed by atoms with E-state index in [0.29, 0.717) is 0 Å². The van der Waals surface area contributed by atoms with Crippen molar-refractivity contribution in [3.05, 3.63) is 64.2 Å². The van der Waals surface area contributed by atoms with Crippen LogP contribution in [0.2, 0.25) is 5.02 Å². The van der Waals surface area contributed by atoms with Crippen molar-refractivity contribution in [2.24, 2.45) is 0 Å². The van der Waals surface area contributed by atoms with E-state index in [-0.39, 0.29) is 16.9 Å². The molecule has 0 amide bonds. The van der Waals surface area contributed by atoms with E-state index < -0.39 is 0 Å². The highest BCUT2D eigenvalue weighted by molar-refractivity contribution is 6.30. The highest BCUT2D eigenvalue weighted by Crippen LogP contribution is 2.23. The summed E-state index contributed by atoms with van der Waals surface area (Å²) in [4.78, 5) is 4.16. The van der Waals surface area contributed by atoms with Crippen LogP contribution < -0.4 is 5.32 Å². The minimum atomic E-state index is -0.385. The summed E-state index contributed by atoms with van der Waals surface area (Å²) in [6.07, 6.45) is 4.38. The lowest BCUT2D eigenvalue weighted by molar-refractivity contribution is 0.584. The molecule has 2 rings (SSSR count). The van der Waals surface area contributed by atoms with Crippen LogP contribution in [0.15, 0.2) is 36.7 Å². The molecule has 1 heterocycles. The van der Waals surface area contributed by atoms with Crippen molar-refractivity contribution in [2.45, 2.75) is 19.4 Å². The number of hydrogen-bond donors (Lipinski definition) is 1. The van der Waals surface area contributed by atoms with E-state index in [2.05, 4.69) is 17.2 Å². The summed E-state index contributed by atoms with van der Waals surface area (Å²) in [5, 5.41) is 3.43. The molecule has 0 fully saturated rings. The monoisotopic (exact) mass is 278 g/mol. The number of nitrogens with zero attached hydrogens (tertiary/aromatic N) is 1. The van der Waals surface area contributed by atoms with Crippen LogP contribution in [-0.2, 0) is 6.42 Å². The lowest BCUT2D eigenvalue weighted by atomic mass is 9.97. The molecule has 0 aliphatic carbocycles. The molecule has 0 aliphatic rings. The summed E-state index contributed by atoms with van der Waals surface area (Å²) >= 11 is 5.81. The van der Waals surface area contributed by atoms with Crippen LogP contribution in [0.1, 0.15) is 22.7 Å². The second-order valence-corrected chi connectivity index (χ2v) is 4.93. The second kappa shape index (κ2) is 6.13. The number of pyridine rings is 1. The summed E-state index contributed by atoms with van der Waals surface area (Å²) < 4.78 is 13.1. The largest absolute Gasteiger partial charge is 0.313 e. The predicted molar refractivity (Wildman–Crippen MR) is 75.9 cm³/mol. The van der Waals surface area contributed by atoms with E-state index in [1.54, 1.807) is 18.3 Å². The maximum absolute atomic E-state index is 13.1. The number of benzene rings is 1. The van der Waals surface area contributed by atoms with E-state index in [9.17, 15) is 4.39 Å². The molecule has 0 radical (unpaired) electrons. The van der Waals surface area contributed by atoms with Crippen LogP contribution in [0.3, 0.4) is 0 Å². The molecule has 2 aromatic rings. The molecular formula is C15H16ClFN2. The molecular weight excluding hydrogens is 263 g/mol. The van der Waals surface area contributed by atoms with Crippen molar-refractivity contribution < 1.29 is 4.39 Å². The summed E-state index contributed by atoms with van der Waals surface area (Å²) in [5.41, 5.74) is 3.32. The van der Waals surface area contributed by atoms with Gasteiger partial charge in [-0.05, 0) is 55.3 Å². The van der Waals surface area contributed by atoms with E-state index in [4.69, 9.17) is 11.6 Å². The maximum Gasteiger partial charge on any atom is 0.141 e. The molecule has 4 heteroatoms. The van der Waals surface area contributed by atoms with Crippen molar-refractivity contribution in [2.75, 3.05) is 7.05 Å². The molecule has 0 bridgehead atoms. The normalized spacial score (nSPS) is 12.4.